The highest BCUT2D eigenvalue weighted by Crippen LogP contribution is 2.29. The van der Waals surface area contributed by atoms with Gasteiger partial charge in [0.15, 0.2) is 11.6 Å². The second kappa shape index (κ2) is 26.0. The Morgan fingerprint density at radius 1 is 0.719 bits per heavy atom. The van der Waals surface area contributed by atoms with Gasteiger partial charge >= 0.3 is 16.5 Å². The first kappa shape index (κ1) is 55.8. The smallest absolute Gasteiger partial charge is 0.341 e. The van der Waals surface area contributed by atoms with Crippen LogP contribution >= 0.6 is 78.3 Å². The Labute approximate surface area is 399 Å². The number of aromatic nitrogens is 4. The number of anilines is 2. The zero-order valence-electron chi connectivity index (χ0n) is 32.6. The standard InChI is InChI=1S/C17H14BrF2N3O3S.C10H11F2NO4S.C7H5BrN2.C2Cl2O2.CH2Cl2/c1-2-5-27(25,26)23-13-4-3-12(19)14(15(13)20)16(24)11-8-22-17-10(11)6-9(18)7-21-17;1-2-5-18(16,17)13-7-4-3-6(11)8(9(7)12)10(14)15;8-6-3-5-1-2-9-7(5)10-4-6;3-1(5)2(4)6;2-1-3/h3-4,6-8,23H,2,5H2,1H3,(H,21,22);3-4,13H,2,5H2,1H3,(H,14,15);1-4H,(H,9,10);;1H2. The van der Waals surface area contributed by atoms with Crippen LogP contribution in [0.15, 0.2) is 76.2 Å². The maximum atomic E-state index is 14.8. The maximum absolute atomic E-state index is 14.8. The molecule has 0 amide bonds. The zero-order chi connectivity index (χ0) is 48.5. The number of carbonyl (C=O) groups excluding carboxylic acids is 3. The monoisotopic (exact) mass is 1140 g/mol. The molecule has 4 heterocycles. The third-order valence-electron chi connectivity index (χ3n) is 7.36. The first-order valence-electron chi connectivity index (χ1n) is 17.4. The summed E-state index contributed by atoms with van der Waals surface area (Å²) in [6, 6.07) is 8.94. The minimum atomic E-state index is -3.80. The molecule has 0 aliphatic rings. The van der Waals surface area contributed by atoms with E-state index in [9.17, 15) is 53.6 Å². The third-order valence-corrected chi connectivity index (χ3v) is 11.6. The molecule has 0 saturated carbocycles. The molecule has 0 spiro atoms. The molecule has 0 unspecified atom stereocenters. The van der Waals surface area contributed by atoms with Gasteiger partial charge < -0.3 is 15.1 Å². The minimum Gasteiger partial charge on any atom is -0.477 e. The van der Waals surface area contributed by atoms with Gasteiger partial charge in [-0.2, -0.15) is 0 Å². The highest BCUT2D eigenvalue weighted by atomic mass is 79.9. The third kappa shape index (κ3) is 16.9. The summed E-state index contributed by atoms with van der Waals surface area (Å²) in [4.78, 5) is 56.3. The van der Waals surface area contributed by atoms with Crippen molar-refractivity contribution in [1.29, 1.82) is 0 Å². The van der Waals surface area contributed by atoms with Crippen LogP contribution in [0.2, 0.25) is 0 Å². The summed E-state index contributed by atoms with van der Waals surface area (Å²) in [5.41, 5.74) is -1.76. The first-order valence-corrected chi connectivity index (χ1v) is 24.1. The number of hydrogen-bond acceptors (Lipinski definition) is 10. The Morgan fingerprint density at radius 3 is 1.64 bits per heavy atom. The normalized spacial score (nSPS) is 10.8. The van der Waals surface area contributed by atoms with Crippen molar-refractivity contribution in [3.63, 3.8) is 0 Å². The number of aromatic carboxylic acids is 1. The quantitative estimate of drug-likeness (QED) is 0.0254. The fourth-order valence-electron chi connectivity index (χ4n) is 4.85. The second-order valence-electron chi connectivity index (χ2n) is 12.0. The van der Waals surface area contributed by atoms with Crippen molar-refractivity contribution in [2.75, 3.05) is 26.3 Å². The molecule has 2 aromatic carbocycles. The van der Waals surface area contributed by atoms with Crippen molar-refractivity contribution in [2.24, 2.45) is 0 Å². The molecule has 0 fully saturated rings. The lowest BCUT2D eigenvalue weighted by atomic mass is 10.0. The number of alkyl halides is 2. The van der Waals surface area contributed by atoms with Crippen LogP contribution in [-0.2, 0) is 29.6 Å². The van der Waals surface area contributed by atoms with E-state index in [1.807, 2.05) is 23.1 Å². The Bertz CT molecular complexity index is 2850. The zero-order valence-corrected chi connectivity index (χ0v) is 40.4. The van der Waals surface area contributed by atoms with Crippen LogP contribution in [-0.4, -0.2) is 81.0 Å². The summed E-state index contributed by atoms with van der Waals surface area (Å²) in [5.74, 6) is -8.26. The van der Waals surface area contributed by atoms with Gasteiger partial charge in [0.2, 0.25) is 25.8 Å². The number of aromatic amines is 2. The van der Waals surface area contributed by atoms with Gasteiger partial charge in [0.1, 0.15) is 28.5 Å². The highest BCUT2D eigenvalue weighted by Gasteiger charge is 2.26. The highest BCUT2D eigenvalue weighted by molar-refractivity contribution is 9.10. The van der Waals surface area contributed by atoms with Crippen LogP contribution in [0.5, 0.6) is 0 Å². The molecule has 15 nitrogen and oxygen atoms in total. The molecule has 0 saturated heterocycles. The lowest BCUT2D eigenvalue weighted by Gasteiger charge is -2.11. The van der Waals surface area contributed by atoms with E-state index in [-0.39, 0.29) is 22.4 Å². The number of benzene rings is 2. The van der Waals surface area contributed by atoms with Crippen molar-refractivity contribution in [1.82, 2.24) is 19.9 Å². The van der Waals surface area contributed by atoms with E-state index in [1.165, 1.54) is 12.4 Å². The number of fused-ring (bicyclic) bond motifs is 2. The van der Waals surface area contributed by atoms with Gasteiger partial charge in [0, 0.05) is 50.1 Å². The topological polar surface area (TPSA) is 238 Å². The summed E-state index contributed by atoms with van der Waals surface area (Å²) in [7, 11) is -7.57. The number of carbonyl (C=O) groups is 4. The van der Waals surface area contributed by atoms with Crippen molar-refractivity contribution in [2.45, 2.75) is 26.7 Å². The van der Waals surface area contributed by atoms with E-state index in [0.29, 0.717) is 34.4 Å². The number of carboxylic acid groups (broad SMARTS) is 1. The molecule has 5 N–H and O–H groups in total. The minimum absolute atomic E-state index is 0.0187. The van der Waals surface area contributed by atoms with Gasteiger partial charge in [0.05, 0.1) is 33.8 Å². The Kier molecular flexibility index (Phi) is 22.6. The van der Waals surface area contributed by atoms with Gasteiger partial charge in [-0.3, -0.25) is 23.8 Å². The number of carboxylic acids is 1. The van der Waals surface area contributed by atoms with Gasteiger partial charge in [0.25, 0.3) is 0 Å². The van der Waals surface area contributed by atoms with E-state index in [0.717, 1.165) is 33.7 Å². The van der Waals surface area contributed by atoms with E-state index in [1.54, 1.807) is 26.1 Å². The van der Waals surface area contributed by atoms with Gasteiger partial charge in [-0.15, -0.1) is 23.2 Å². The molecule has 0 radical (unpaired) electrons. The molecule has 0 aliphatic heterocycles. The fraction of sp³-hybridized carbons (Fsp3) is 0.189. The maximum Gasteiger partial charge on any atom is 0.341 e. The number of nitrogens with zero attached hydrogens (tertiary/aromatic N) is 2. The van der Waals surface area contributed by atoms with Gasteiger partial charge in [-0.05, 0) is 110 Å². The molecule has 0 atom stereocenters. The predicted molar refractivity (Wildman–Crippen MR) is 244 cm³/mol. The number of hydrogen-bond donors (Lipinski definition) is 5. The van der Waals surface area contributed by atoms with Crippen LogP contribution < -0.4 is 9.44 Å². The first-order chi connectivity index (χ1) is 29.9. The molecule has 0 aliphatic carbocycles. The van der Waals surface area contributed by atoms with E-state index in [2.05, 4.69) is 79.7 Å². The van der Waals surface area contributed by atoms with Crippen molar-refractivity contribution in [3.8, 4) is 0 Å². The van der Waals surface area contributed by atoms with Crippen LogP contribution in [0.25, 0.3) is 22.1 Å². The molecule has 6 rings (SSSR count). The number of sulfonamides is 2. The number of halogens is 10. The summed E-state index contributed by atoms with van der Waals surface area (Å²) < 4.78 is 108. The average molecular weight is 1150 g/mol. The SMILES string of the molecule is Brc1cnc2[nH]ccc2c1.CCCS(=O)(=O)Nc1ccc(F)c(C(=O)O)c1F.CCCS(=O)(=O)Nc1ccc(F)c(C(=O)c2c[nH]c3ncc(Br)cc23)c1F.ClCCl.O=C(Cl)C(=O)Cl. The second-order valence-corrected chi connectivity index (χ2v) is 19.0. The number of nitrogens with one attached hydrogen (secondary N) is 4. The Balaban J connectivity index is 0.000000325. The predicted octanol–water partition coefficient (Wildman–Crippen LogP) is 10.1. The molecule has 0 bridgehead atoms. The molecular formula is C37H32Br2Cl4F4N6O9S2. The van der Waals surface area contributed by atoms with E-state index < -0.39 is 88.1 Å². The molecule has 4 aromatic heterocycles. The fourth-order valence-corrected chi connectivity index (χ4v) is 7.80. The number of pyridine rings is 2. The van der Waals surface area contributed by atoms with Gasteiger partial charge in [-0.1, -0.05) is 13.8 Å². The Morgan fingerprint density at radius 2 is 1.17 bits per heavy atom. The Hall–Kier alpha value is -4.36. The van der Waals surface area contributed by atoms with Crippen LogP contribution in [0.3, 0.4) is 0 Å². The van der Waals surface area contributed by atoms with E-state index >= 15 is 0 Å². The summed E-state index contributed by atoms with van der Waals surface area (Å²) in [6.07, 6.45) is 7.10. The lowest BCUT2D eigenvalue weighted by Crippen LogP contribution is -2.18. The largest absolute Gasteiger partial charge is 0.477 e. The molecule has 346 valence electrons. The van der Waals surface area contributed by atoms with Crippen LogP contribution in [0.1, 0.15) is 53.0 Å². The average Bonchev–Trinajstić information content (AvgIpc) is 3.85. The van der Waals surface area contributed by atoms with Crippen LogP contribution in [0.4, 0.5) is 28.9 Å². The van der Waals surface area contributed by atoms with Crippen molar-refractivity contribution >= 4 is 154 Å². The van der Waals surface area contributed by atoms with Crippen molar-refractivity contribution in [3.05, 3.63) is 116 Å². The van der Waals surface area contributed by atoms with E-state index in [4.69, 9.17) is 28.3 Å². The summed E-state index contributed by atoms with van der Waals surface area (Å²) in [6.45, 7) is 3.27. The molecule has 64 heavy (non-hydrogen) atoms. The molecule has 27 heteroatoms. The number of rotatable bonds is 12. The lowest BCUT2D eigenvalue weighted by molar-refractivity contribution is -0.127. The molecule has 6 aromatic rings. The van der Waals surface area contributed by atoms with Crippen LogP contribution in [0, 0.1) is 23.3 Å². The summed E-state index contributed by atoms with van der Waals surface area (Å²) in [5, 5.41) is 8.04. The van der Waals surface area contributed by atoms with Gasteiger partial charge in [-0.25, -0.2) is 49.2 Å². The summed E-state index contributed by atoms with van der Waals surface area (Å²) >= 11 is 25.1. The number of ketones is 1. The molecular weight excluding hydrogens is 1110 g/mol. The van der Waals surface area contributed by atoms with Crippen molar-refractivity contribution < 1.29 is 58.7 Å². The number of H-pyrrole nitrogens is 2.